The Bertz CT molecular complexity index is 722. The van der Waals surface area contributed by atoms with Gasteiger partial charge in [-0.2, -0.15) is 0 Å². The first-order chi connectivity index (χ1) is 12.2. The molecule has 0 saturated heterocycles. The third-order valence-corrected chi connectivity index (χ3v) is 3.21. The van der Waals surface area contributed by atoms with Gasteiger partial charge in [0.15, 0.2) is 11.5 Å². The van der Waals surface area contributed by atoms with Crippen molar-refractivity contribution in [3.8, 4) is 29.6 Å². The van der Waals surface area contributed by atoms with Gasteiger partial charge in [-0.15, -0.1) is 6.42 Å². The molecule has 25 heavy (non-hydrogen) atoms. The van der Waals surface area contributed by atoms with Gasteiger partial charge in [0, 0.05) is 5.56 Å². The molecule has 0 bridgehead atoms. The van der Waals surface area contributed by atoms with Gasteiger partial charge in [-0.3, -0.25) is 4.79 Å². The number of benzene rings is 2. The van der Waals surface area contributed by atoms with Crippen LogP contribution in [0.2, 0.25) is 0 Å². The zero-order valence-corrected chi connectivity index (χ0v) is 14.2. The van der Waals surface area contributed by atoms with Crippen LogP contribution in [0.3, 0.4) is 0 Å². The summed E-state index contributed by atoms with van der Waals surface area (Å²) in [6, 6.07) is 14.5. The van der Waals surface area contributed by atoms with Crippen molar-refractivity contribution < 1.29 is 19.0 Å². The normalized spacial score (nSPS) is 9.76. The molecule has 5 nitrogen and oxygen atoms in total. The van der Waals surface area contributed by atoms with Crippen LogP contribution < -0.4 is 19.5 Å². The van der Waals surface area contributed by atoms with Crippen molar-refractivity contribution in [2.75, 3.05) is 26.4 Å². The Morgan fingerprint density at radius 3 is 2.52 bits per heavy atom. The molecule has 0 aliphatic heterocycles. The number of hydrogen-bond acceptors (Lipinski definition) is 4. The third-order valence-electron chi connectivity index (χ3n) is 3.21. The van der Waals surface area contributed by atoms with Gasteiger partial charge in [0.1, 0.15) is 19.0 Å². The van der Waals surface area contributed by atoms with Crippen molar-refractivity contribution in [1.82, 2.24) is 5.32 Å². The van der Waals surface area contributed by atoms with Gasteiger partial charge in [0.25, 0.3) is 5.91 Å². The molecule has 0 heterocycles. The van der Waals surface area contributed by atoms with Gasteiger partial charge < -0.3 is 19.5 Å². The van der Waals surface area contributed by atoms with Crippen LogP contribution in [0.15, 0.2) is 48.5 Å². The number of terminal acetylenes is 1. The lowest BCUT2D eigenvalue weighted by atomic mass is 10.2. The minimum absolute atomic E-state index is 0.178. The topological polar surface area (TPSA) is 56.8 Å². The Labute approximate surface area is 147 Å². The van der Waals surface area contributed by atoms with Crippen LogP contribution in [-0.2, 0) is 0 Å². The molecule has 0 atom stereocenters. The van der Waals surface area contributed by atoms with Crippen LogP contribution in [0.5, 0.6) is 17.2 Å². The van der Waals surface area contributed by atoms with Crippen molar-refractivity contribution >= 4 is 5.91 Å². The smallest absolute Gasteiger partial charge is 0.252 e. The molecule has 0 radical (unpaired) electrons. The zero-order valence-electron chi connectivity index (χ0n) is 14.2. The predicted octanol–water partition coefficient (Wildman–Crippen LogP) is 2.91. The maximum Gasteiger partial charge on any atom is 0.252 e. The molecule has 2 aromatic rings. The lowest BCUT2D eigenvalue weighted by Gasteiger charge is -2.13. The van der Waals surface area contributed by atoms with Crippen LogP contribution >= 0.6 is 0 Å². The van der Waals surface area contributed by atoms with E-state index in [2.05, 4.69) is 11.2 Å². The zero-order chi connectivity index (χ0) is 17.9. The molecule has 0 spiro atoms. The number of amides is 1. The van der Waals surface area contributed by atoms with E-state index in [1.54, 1.807) is 18.2 Å². The van der Waals surface area contributed by atoms with E-state index in [1.165, 1.54) is 0 Å². The van der Waals surface area contributed by atoms with Crippen LogP contribution in [0.4, 0.5) is 0 Å². The third kappa shape index (κ3) is 5.78. The Morgan fingerprint density at radius 1 is 1.04 bits per heavy atom. The average Bonchev–Trinajstić information content (AvgIpc) is 2.65. The SMILES string of the molecule is C#CCNC(=O)c1ccc(OCCOc2ccccc2)c(OCC)c1. The molecule has 0 fully saturated rings. The summed E-state index contributed by atoms with van der Waals surface area (Å²) in [5, 5.41) is 2.62. The summed E-state index contributed by atoms with van der Waals surface area (Å²) in [5.41, 5.74) is 0.464. The van der Waals surface area contributed by atoms with Crippen LogP contribution in [0, 0.1) is 12.3 Å². The van der Waals surface area contributed by atoms with Gasteiger partial charge >= 0.3 is 0 Å². The average molecular weight is 339 g/mol. The van der Waals surface area contributed by atoms with Crippen molar-refractivity contribution in [2.24, 2.45) is 0 Å². The second-order valence-electron chi connectivity index (χ2n) is 4.99. The second-order valence-corrected chi connectivity index (χ2v) is 4.99. The Kier molecular flexibility index (Phi) is 7.20. The van der Waals surface area contributed by atoms with E-state index >= 15 is 0 Å². The number of hydrogen-bond donors (Lipinski definition) is 1. The van der Waals surface area contributed by atoms with E-state index < -0.39 is 0 Å². The highest BCUT2D eigenvalue weighted by Gasteiger charge is 2.11. The summed E-state index contributed by atoms with van der Waals surface area (Å²) < 4.78 is 16.9. The van der Waals surface area contributed by atoms with E-state index in [0.29, 0.717) is 36.9 Å². The molecular weight excluding hydrogens is 318 g/mol. The molecule has 0 saturated carbocycles. The van der Waals surface area contributed by atoms with E-state index in [1.807, 2.05) is 37.3 Å². The lowest BCUT2D eigenvalue weighted by molar-refractivity contribution is 0.0958. The molecule has 1 N–H and O–H groups in total. The highest BCUT2D eigenvalue weighted by atomic mass is 16.5. The summed E-state index contributed by atoms with van der Waals surface area (Å²) in [5.74, 6) is 3.97. The number of carbonyl (C=O) groups is 1. The largest absolute Gasteiger partial charge is 0.490 e. The molecule has 1 amide bonds. The Morgan fingerprint density at radius 2 is 1.80 bits per heavy atom. The quantitative estimate of drug-likeness (QED) is 0.564. The van der Waals surface area contributed by atoms with E-state index in [9.17, 15) is 4.79 Å². The second kappa shape index (κ2) is 9.89. The Balaban J connectivity index is 1.94. The first kappa shape index (κ1) is 18.2. The van der Waals surface area contributed by atoms with Crippen LogP contribution in [0.1, 0.15) is 17.3 Å². The van der Waals surface area contributed by atoms with E-state index in [4.69, 9.17) is 20.6 Å². The fourth-order valence-corrected chi connectivity index (χ4v) is 2.10. The first-order valence-electron chi connectivity index (χ1n) is 8.03. The van der Waals surface area contributed by atoms with Gasteiger partial charge in [-0.1, -0.05) is 24.1 Å². The van der Waals surface area contributed by atoms with Gasteiger partial charge in [-0.25, -0.2) is 0 Å². The summed E-state index contributed by atoms with van der Waals surface area (Å²) in [6.07, 6.45) is 5.15. The molecule has 0 aromatic heterocycles. The fourth-order valence-electron chi connectivity index (χ4n) is 2.10. The number of carbonyl (C=O) groups excluding carboxylic acids is 1. The molecular formula is C20H21NO4. The fraction of sp³-hybridized carbons (Fsp3) is 0.250. The lowest BCUT2D eigenvalue weighted by Crippen LogP contribution is -2.23. The minimum Gasteiger partial charge on any atom is -0.490 e. The van der Waals surface area contributed by atoms with Crippen molar-refractivity contribution in [3.63, 3.8) is 0 Å². The predicted molar refractivity (Wildman–Crippen MR) is 96.2 cm³/mol. The van der Waals surface area contributed by atoms with Gasteiger partial charge in [-0.05, 0) is 37.3 Å². The van der Waals surface area contributed by atoms with Crippen molar-refractivity contribution in [2.45, 2.75) is 6.92 Å². The molecule has 5 heteroatoms. The van der Waals surface area contributed by atoms with Gasteiger partial charge in [0.05, 0.1) is 13.2 Å². The van der Waals surface area contributed by atoms with Crippen molar-refractivity contribution in [1.29, 1.82) is 0 Å². The molecule has 2 aromatic carbocycles. The minimum atomic E-state index is -0.252. The van der Waals surface area contributed by atoms with Crippen molar-refractivity contribution in [3.05, 3.63) is 54.1 Å². The maximum absolute atomic E-state index is 12.0. The summed E-state index contributed by atoms with van der Waals surface area (Å²) in [6.45, 7) is 3.27. The molecule has 2 rings (SSSR count). The highest BCUT2D eigenvalue weighted by molar-refractivity contribution is 5.95. The maximum atomic E-state index is 12.0. The van der Waals surface area contributed by atoms with Crippen LogP contribution in [-0.4, -0.2) is 32.3 Å². The summed E-state index contributed by atoms with van der Waals surface area (Å²) in [4.78, 5) is 12.0. The van der Waals surface area contributed by atoms with Gasteiger partial charge in [0.2, 0.25) is 0 Å². The Hall–Kier alpha value is -3.13. The first-order valence-corrected chi connectivity index (χ1v) is 8.03. The number of para-hydroxylation sites is 1. The van der Waals surface area contributed by atoms with E-state index in [0.717, 1.165) is 5.75 Å². The van der Waals surface area contributed by atoms with Crippen LogP contribution in [0.25, 0.3) is 0 Å². The molecule has 0 unspecified atom stereocenters. The highest BCUT2D eigenvalue weighted by Crippen LogP contribution is 2.28. The number of rotatable bonds is 9. The van der Waals surface area contributed by atoms with E-state index in [-0.39, 0.29) is 12.5 Å². The monoisotopic (exact) mass is 339 g/mol. The standard InChI is InChI=1S/C20H21NO4/c1-3-12-21-20(22)16-10-11-18(19(15-16)23-4-2)25-14-13-24-17-8-6-5-7-9-17/h1,5-11,15H,4,12-14H2,2H3,(H,21,22). The summed E-state index contributed by atoms with van der Waals surface area (Å²) in [7, 11) is 0. The summed E-state index contributed by atoms with van der Waals surface area (Å²) >= 11 is 0. The molecule has 0 aliphatic rings. The molecule has 0 aliphatic carbocycles. The number of ether oxygens (including phenoxy) is 3. The number of nitrogens with one attached hydrogen (secondary N) is 1. The molecule has 130 valence electrons.